The van der Waals surface area contributed by atoms with E-state index in [2.05, 4.69) is 22.3 Å². The molecule has 0 saturated carbocycles. The average molecular weight is 502 g/mol. The van der Waals surface area contributed by atoms with E-state index < -0.39 is 34.4 Å². The summed E-state index contributed by atoms with van der Waals surface area (Å²) in [6.45, 7) is 9.42. The van der Waals surface area contributed by atoms with Crippen LogP contribution in [0.25, 0.3) is 0 Å². The van der Waals surface area contributed by atoms with E-state index in [9.17, 15) is 22.8 Å². The maximum absolute atomic E-state index is 13.2. The Morgan fingerprint density at radius 2 is 1.83 bits per heavy atom. The van der Waals surface area contributed by atoms with Crippen molar-refractivity contribution in [3.63, 3.8) is 0 Å². The summed E-state index contributed by atoms with van der Waals surface area (Å²) in [7, 11) is 0. The predicted molar refractivity (Wildman–Crippen MR) is 125 cm³/mol. The van der Waals surface area contributed by atoms with Crippen LogP contribution in [0, 0.1) is 29.1 Å². The number of nitrogens with one attached hydrogen (secondary N) is 1. The summed E-state index contributed by atoms with van der Waals surface area (Å²) in [5, 5.41) is 15.6. The molecule has 36 heavy (non-hydrogen) atoms. The molecule has 190 valence electrons. The van der Waals surface area contributed by atoms with Gasteiger partial charge in [0.1, 0.15) is 11.1 Å². The molecule has 2 heterocycles. The number of anilines is 1. The smallest absolute Gasteiger partial charge is 0.417 e. The van der Waals surface area contributed by atoms with Crippen LogP contribution in [-0.4, -0.2) is 45.4 Å². The van der Waals surface area contributed by atoms with E-state index in [1.165, 1.54) is 23.0 Å². The van der Waals surface area contributed by atoms with Crippen molar-refractivity contribution in [2.45, 2.75) is 51.9 Å². The van der Waals surface area contributed by atoms with E-state index in [0.29, 0.717) is 18.7 Å². The van der Waals surface area contributed by atoms with E-state index >= 15 is 0 Å². The van der Waals surface area contributed by atoms with E-state index in [0.717, 1.165) is 12.1 Å². The molecule has 11 heteroatoms. The minimum Gasteiger partial charge on any atom is -0.444 e. The van der Waals surface area contributed by atoms with Gasteiger partial charge in [-0.25, -0.2) is 4.79 Å². The highest BCUT2D eigenvalue weighted by Gasteiger charge is 2.36. The molecule has 0 aliphatic carbocycles. The normalized spacial score (nSPS) is 14.2. The summed E-state index contributed by atoms with van der Waals surface area (Å²) in [6, 6.07) is 4.48. The van der Waals surface area contributed by atoms with Gasteiger partial charge in [-0.1, -0.05) is 11.8 Å². The number of amides is 2. The maximum atomic E-state index is 13.2. The number of rotatable bonds is 3. The number of hydrogen-bond donors (Lipinski definition) is 1. The topological polar surface area (TPSA) is 100 Å². The monoisotopic (exact) mass is 501 g/mol. The number of hydrogen-bond acceptors (Lipinski definition) is 5. The van der Waals surface area contributed by atoms with Crippen molar-refractivity contribution in [2.24, 2.45) is 5.92 Å². The molecule has 1 aliphatic heterocycles. The van der Waals surface area contributed by atoms with Crippen LogP contribution >= 0.6 is 0 Å². The minimum absolute atomic E-state index is 0.0172. The second-order valence-corrected chi connectivity index (χ2v) is 9.91. The first-order valence-corrected chi connectivity index (χ1v) is 11.1. The largest absolute Gasteiger partial charge is 0.444 e. The van der Waals surface area contributed by atoms with Gasteiger partial charge < -0.3 is 15.0 Å². The fraction of sp³-hybridized carbons (Fsp3) is 0.440. The summed E-state index contributed by atoms with van der Waals surface area (Å²) in [5.74, 6) is 5.42. The quantitative estimate of drug-likeness (QED) is 0.630. The first-order chi connectivity index (χ1) is 16.6. The van der Waals surface area contributed by atoms with Gasteiger partial charge >= 0.3 is 12.3 Å². The van der Waals surface area contributed by atoms with Gasteiger partial charge in [0.15, 0.2) is 0 Å². The van der Waals surface area contributed by atoms with Crippen molar-refractivity contribution in [2.75, 3.05) is 18.4 Å². The van der Waals surface area contributed by atoms with Gasteiger partial charge in [0, 0.05) is 25.0 Å². The summed E-state index contributed by atoms with van der Waals surface area (Å²) < 4.78 is 46.4. The van der Waals surface area contributed by atoms with Crippen LogP contribution < -0.4 is 5.32 Å². The molecule has 1 aromatic carbocycles. The molecule has 2 aromatic rings. The third-order valence-corrected chi connectivity index (χ3v) is 5.37. The average Bonchev–Trinajstić information content (AvgIpc) is 3.20. The number of nitrogens with zero attached hydrogens (tertiary/aromatic N) is 4. The first kappa shape index (κ1) is 26.6. The molecular formula is C25H26F3N5O3. The van der Waals surface area contributed by atoms with Gasteiger partial charge in [-0.3, -0.25) is 9.48 Å². The highest BCUT2D eigenvalue weighted by atomic mass is 19.4. The zero-order valence-corrected chi connectivity index (χ0v) is 20.5. The molecule has 1 aromatic heterocycles. The Bertz CT molecular complexity index is 1270. The van der Waals surface area contributed by atoms with Crippen LogP contribution in [0.3, 0.4) is 0 Å². The number of ether oxygens (including phenoxy) is 1. The molecule has 0 spiro atoms. The fourth-order valence-electron chi connectivity index (χ4n) is 3.27. The van der Waals surface area contributed by atoms with Gasteiger partial charge in [0.25, 0.3) is 5.91 Å². The molecule has 8 nitrogen and oxygen atoms in total. The highest BCUT2D eigenvalue weighted by Crippen LogP contribution is 2.34. The lowest BCUT2D eigenvalue weighted by Gasteiger charge is -2.37. The standard InChI is InChI=1S/C25H26F3N5O3/c1-23(2,3)36-22(35)32-13-17(14-32)7-6-16-12-30-33(15-16)24(4,5)21(34)31-19-9-8-18(11-29)20(10-19)25(26,27)28/h8-10,12,15,17H,13-14H2,1-5H3,(H,31,34). The van der Waals surface area contributed by atoms with E-state index in [1.807, 2.05) is 0 Å². The second-order valence-electron chi connectivity index (χ2n) is 9.91. The lowest BCUT2D eigenvalue weighted by molar-refractivity contribution is -0.137. The fourth-order valence-corrected chi connectivity index (χ4v) is 3.27. The zero-order chi connectivity index (χ0) is 26.9. The Labute approximate surface area is 207 Å². The minimum atomic E-state index is -4.73. The van der Waals surface area contributed by atoms with E-state index in [4.69, 9.17) is 10.00 Å². The number of likely N-dealkylation sites (tertiary alicyclic amines) is 1. The number of alkyl halides is 3. The van der Waals surface area contributed by atoms with Gasteiger partial charge in [0.05, 0.1) is 34.9 Å². The molecule has 3 rings (SSSR count). The van der Waals surface area contributed by atoms with Gasteiger partial charge in [-0.2, -0.15) is 23.5 Å². The van der Waals surface area contributed by atoms with Gasteiger partial charge in [0.2, 0.25) is 0 Å². The van der Waals surface area contributed by atoms with Gasteiger partial charge in [-0.05, 0) is 52.8 Å². The van der Waals surface area contributed by atoms with Crippen LogP contribution in [0.1, 0.15) is 51.3 Å². The SMILES string of the molecule is CC(C)(C)OC(=O)N1CC(C#Cc2cnn(C(C)(C)C(=O)Nc3ccc(C#N)c(C(F)(F)F)c3)c2)C1. The molecule has 0 radical (unpaired) electrons. The van der Waals surface area contributed by atoms with Crippen LogP contribution in [0.15, 0.2) is 30.6 Å². The van der Waals surface area contributed by atoms with Crippen LogP contribution in [-0.2, 0) is 21.2 Å². The third kappa shape index (κ3) is 6.16. The molecule has 1 N–H and O–H groups in total. The van der Waals surface area contributed by atoms with E-state index in [1.54, 1.807) is 45.7 Å². The Morgan fingerprint density at radius 3 is 2.42 bits per heavy atom. The maximum Gasteiger partial charge on any atom is 0.417 e. The number of benzene rings is 1. The number of carbonyl (C=O) groups excluding carboxylic acids is 2. The summed E-state index contributed by atoms with van der Waals surface area (Å²) in [6.07, 6.45) is -2.07. The molecule has 1 aliphatic rings. The Hall–Kier alpha value is -3.99. The number of carbonyl (C=O) groups is 2. The van der Waals surface area contributed by atoms with Crippen LogP contribution in [0.2, 0.25) is 0 Å². The van der Waals surface area contributed by atoms with Crippen molar-refractivity contribution >= 4 is 17.7 Å². The first-order valence-electron chi connectivity index (χ1n) is 11.1. The molecule has 0 bridgehead atoms. The van der Waals surface area contributed by atoms with Crippen molar-refractivity contribution in [1.82, 2.24) is 14.7 Å². The third-order valence-electron chi connectivity index (χ3n) is 5.37. The number of halogens is 3. The molecule has 0 unspecified atom stereocenters. The predicted octanol–water partition coefficient (Wildman–Crippen LogP) is 4.37. The molecular weight excluding hydrogens is 475 g/mol. The number of aromatic nitrogens is 2. The van der Waals surface area contributed by atoms with Crippen molar-refractivity contribution in [3.8, 4) is 17.9 Å². The van der Waals surface area contributed by atoms with E-state index in [-0.39, 0.29) is 17.7 Å². The number of nitriles is 1. The van der Waals surface area contributed by atoms with Crippen LogP contribution in [0.4, 0.5) is 23.7 Å². The van der Waals surface area contributed by atoms with Crippen LogP contribution in [0.5, 0.6) is 0 Å². The van der Waals surface area contributed by atoms with Crippen molar-refractivity contribution < 1.29 is 27.5 Å². The van der Waals surface area contributed by atoms with Crippen molar-refractivity contribution in [1.29, 1.82) is 5.26 Å². The Balaban J connectivity index is 1.65. The summed E-state index contributed by atoms with van der Waals surface area (Å²) >= 11 is 0. The van der Waals surface area contributed by atoms with Gasteiger partial charge in [-0.15, -0.1) is 0 Å². The van der Waals surface area contributed by atoms with Crippen molar-refractivity contribution in [3.05, 3.63) is 47.3 Å². The lowest BCUT2D eigenvalue weighted by atomic mass is 10.0. The molecule has 2 amide bonds. The summed E-state index contributed by atoms with van der Waals surface area (Å²) in [5.41, 5.74) is -3.03. The lowest BCUT2D eigenvalue weighted by Crippen LogP contribution is -2.51. The Kier molecular flexibility index (Phi) is 7.08. The molecule has 1 fully saturated rings. The summed E-state index contributed by atoms with van der Waals surface area (Å²) in [4.78, 5) is 26.4. The molecule has 0 atom stereocenters. The second kappa shape index (κ2) is 9.57. The highest BCUT2D eigenvalue weighted by molar-refractivity contribution is 5.96. The zero-order valence-electron chi connectivity index (χ0n) is 20.5. The molecule has 1 saturated heterocycles. The Morgan fingerprint density at radius 1 is 1.17 bits per heavy atom.